The predicted octanol–water partition coefficient (Wildman–Crippen LogP) is -5.11. The zero-order valence-electron chi connectivity index (χ0n) is 13.4. The van der Waals surface area contributed by atoms with E-state index in [2.05, 4.69) is 0 Å². The van der Waals surface area contributed by atoms with E-state index in [0.717, 1.165) is 0 Å². The fraction of sp³-hybridized carbons (Fsp3) is 1.00. The fourth-order valence-electron chi connectivity index (χ4n) is 3.02. The summed E-state index contributed by atoms with van der Waals surface area (Å²) in [6.45, 7) is -1.53. The summed E-state index contributed by atoms with van der Waals surface area (Å²) < 4.78 is 15.6. The van der Waals surface area contributed by atoms with E-state index >= 15 is 0 Å². The minimum Gasteiger partial charge on any atom is -0.394 e. The molecule has 2 saturated heterocycles. The molecule has 0 aliphatic carbocycles. The van der Waals surface area contributed by atoms with E-state index in [4.69, 9.17) is 19.3 Å². The van der Waals surface area contributed by atoms with Crippen molar-refractivity contribution in [2.75, 3.05) is 26.4 Å². The molecule has 2 fully saturated rings. The first-order chi connectivity index (χ1) is 11.8. The Labute approximate surface area is 143 Å². The highest BCUT2D eigenvalue weighted by Gasteiger charge is 2.45. The van der Waals surface area contributed by atoms with Crippen molar-refractivity contribution in [3.63, 3.8) is 0 Å². The molecule has 11 nitrogen and oxygen atoms in total. The van der Waals surface area contributed by atoms with E-state index in [1.165, 1.54) is 0 Å². The van der Waals surface area contributed by atoms with Crippen LogP contribution < -0.4 is 0 Å². The summed E-state index contributed by atoms with van der Waals surface area (Å²) in [5.41, 5.74) is 0. The smallest absolute Gasteiger partial charge is 0.183 e. The number of rotatable bonds is 6. The van der Waals surface area contributed by atoms with Gasteiger partial charge < -0.3 is 55.1 Å². The lowest BCUT2D eigenvalue weighted by molar-refractivity contribution is -0.282. The van der Waals surface area contributed by atoms with E-state index in [1.807, 2.05) is 0 Å². The van der Waals surface area contributed by atoms with Crippen molar-refractivity contribution in [1.82, 2.24) is 0 Å². The molecule has 0 radical (unpaired) electrons. The fourth-order valence-corrected chi connectivity index (χ4v) is 3.02. The molecule has 25 heavy (non-hydrogen) atoms. The summed E-state index contributed by atoms with van der Waals surface area (Å²) in [5, 5.41) is 76.7. The number of hydrogen-bond donors (Lipinski definition) is 8. The molecule has 2 aliphatic heterocycles. The molecule has 0 aromatic heterocycles. The zero-order valence-corrected chi connectivity index (χ0v) is 13.4. The number of hydrogen-bond acceptors (Lipinski definition) is 11. The van der Waals surface area contributed by atoms with Crippen LogP contribution >= 0.6 is 0 Å². The van der Waals surface area contributed by atoms with Gasteiger partial charge in [0.15, 0.2) is 6.29 Å². The Bertz CT molecular complexity index is 406. The Hall–Kier alpha value is -0.440. The molecule has 8 N–H and O–H groups in total. The maximum atomic E-state index is 9.99. The molecule has 2 aliphatic rings. The first kappa shape index (κ1) is 20.9. The van der Waals surface area contributed by atoms with E-state index in [-0.39, 0.29) is 13.2 Å². The molecule has 0 bridgehead atoms. The molecule has 0 spiro atoms. The highest BCUT2D eigenvalue weighted by atomic mass is 16.6. The SMILES string of the molecule is OCC1O[C@@H](COC[C@@H]2C(CO)O[C@@H](O)C(O)C2O)C(O)C(O)[C@H]1O. The van der Waals surface area contributed by atoms with Crippen molar-refractivity contribution in [3.8, 4) is 0 Å². The van der Waals surface area contributed by atoms with Crippen LogP contribution in [0.4, 0.5) is 0 Å². The van der Waals surface area contributed by atoms with E-state index in [9.17, 15) is 35.7 Å². The van der Waals surface area contributed by atoms with Crippen LogP contribution in [0.2, 0.25) is 0 Å². The third-order valence-electron chi connectivity index (χ3n) is 4.64. The highest BCUT2D eigenvalue weighted by molar-refractivity contribution is 4.92. The Morgan fingerprint density at radius 3 is 1.80 bits per heavy atom. The molecule has 0 saturated carbocycles. The maximum Gasteiger partial charge on any atom is 0.183 e. The minimum atomic E-state index is -1.63. The largest absolute Gasteiger partial charge is 0.394 e. The second-order valence-electron chi connectivity index (χ2n) is 6.30. The Kier molecular flexibility index (Phi) is 7.49. The standard InChI is InChI=1S/C14H26O11/c15-1-6-5(9(17)13(21)14(22)25-6)3-23-4-8-11(19)12(20)10(18)7(2-16)24-8/h5-22H,1-4H2/t5-,6?,7?,8+,9?,10+,11?,12?,13?,14-/m1/s1. The van der Waals surface area contributed by atoms with Crippen molar-refractivity contribution < 1.29 is 55.1 Å². The second kappa shape index (κ2) is 8.97. The van der Waals surface area contributed by atoms with Crippen LogP contribution in [0, 0.1) is 5.92 Å². The van der Waals surface area contributed by atoms with Gasteiger partial charge in [-0.25, -0.2) is 0 Å². The quantitative estimate of drug-likeness (QED) is 0.223. The third-order valence-corrected chi connectivity index (χ3v) is 4.64. The average molecular weight is 370 g/mol. The highest BCUT2D eigenvalue weighted by Crippen LogP contribution is 2.26. The molecule has 2 heterocycles. The molecular weight excluding hydrogens is 344 g/mol. The molecule has 0 amide bonds. The van der Waals surface area contributed by atoms with Crippen molar-refractivity contribution >= 4 is 0 Å². The van der Waals surface area contributed by atoms with E-state index in [0.29, 0.717) is 0 Å². The summed E-state index contributed by atoms with van der Waals surface area (Å²) in [4.78, 5) is 0. The number of ether oxygens (including phenoxy) is 3. The van der Waals surface area contributed by atoms with Gasteiger partial charge in [0.1, 0.15) is 36.6 Å². The second-order valence-corrected chi connectivity index (χ2v) is 6.30. The van der Waals surface area contributed by atoms with E-state index in [1.54, 1.807) is 0 Å². The van der Waals surface area contributed by atoms with Crippen molar-refractivity contribution in [3.05, 3.63) is 0 Å². The van der Waals surface area contributed by atoms with Gasteiger partial charge in [-0.15, -0.1) is 0 Å². The van der Waals surface area contributed by atoms with Crippen LogP contribution in [0.25, 0.3) is 0 Å². The van der Waals surface area contributed by atoms with Crippen LogP contribution in [-0.4, -0.2) is 122 Å². The summed E-state index contributed by atoms with van der Waals surface area (Å²) in [6.07, 6.45) is -12.1. The summed E-state index contributed by atoms with van der Waals surface area (Å²) in [5.74, 6) is -0.853. The van der Waals surface area contributed by atoms with Crippen LogP contribution in [0.15, 0.2) is 0 Å². The van der Waals surface area contributed by atoms with Crippen molar-refractivity contribution in [2.45, 2.75) is 55.1 Å². The lowest BCUT2D eigenvalue weighted by atomic mass is 9.90. The first-order valence-corrected chi connectivity index (χ1v) is 8.00. The van der Waals surface area contributed by atoms with Crippen LogP contribution in [0.1, 0.15) is 0 Å². The van der Waals surface area contributed by atoms with Gasteiger partial charge >= 0.3 is 0 Å². The molecule has 11 heteroatoms. The van der Waals surface area contributed by atoms with Gasteiger partial charge in [0.25, 0.3) is 0 Å². The van der Waals surface area contributed by atoms with Crippen LogP contribution in [0.3, 0.4) is 0 Å². The molecule has 6 unspecified atom stereocenters. The summed E-state index contributed by atoms with van der Waals surface area (Å²) in [7, 11) is 0. The molecule has 10 atom stereocenters. The normalized spacial score (nSPS) is 48.5. The summed E-state index contributed by atoms with van der Waals surface area (Å²) >= 11 is 0. The number of aliphatic hydroxyl groups excluding tert-OH is 8. The van der Waals surface area contributed by atoms with E-state index < -0.39 is 74.3 Å². The lowest BCUT2D eigenvalue weighted by Gasteiger charge is -2.41. The monoisotopic (exact) mass is 370 g/mol. The van der Waals surface area contributed by atoms with Crippen LogP contribution in [0.5, 0.6) is 0 Å². The van der Waals surface area contributed by atoms with Crippen molar-refractivity contribution in [2.24, 2.45) is 5.92 Å². The van der Waals surface area contributed by atoms with Gasteiger partial charge in [-0.2, -0.15) is 0 Å². The zero-order chi connectivity index (χ0) is 18.7. The van der Waals surface area contributed by atoms with Gasteiger partial charge in [0.2, 0.25) is 0 Å². The molecular formula is C14H26O11. The number of aliphatic hydroxyl groups is 8. The van der Waals surface area contributed by atoms with Crippen molar-refractivity contribution in [1.29, 1.82) is 0 Å². The Morgan fingerprint density at radius 2 is 1.20 bits per heavy atom. The van der Waals surface area contributed by atoms with Crippen LogP contribution in [-0.2, 0) is 14.2 Å². The van der Waals surface area contributed by atoms with Gasteiger partial charge in [-0.3, -0.25) is 0 Å². The lowest BCUT2D eigenvalue weighted by Crippen LogP contribution is -2.60. The Morgan fingerprint density at radius 1 is 0.600 bits per heavy atom. The third kappa shape index (κ3) is 4.46. The average Bonchev–Trinajstić information content (AvgIpc) is 2.61. The topological polar surface area (TPSA) is 190 Å². The maximum absolute atomic E-state index is 9.99. The van der Waals surface area contributed by atoms with Gasteiger partial charge in [0, 0.05) is 5.92 Å². The molecule has 2 rings (SSSR count). The molecule has 148 valence electrons. The molecule has 0 aromatic carbocycles. The minimum absolute atomic E-state index is 0.203. The Balaban J connectivity index is 1.90. The predicted molar refractivity (Wildman–Crippen MR) is 78.1 cm³/mol. The van der Waals surface area contributed by atoms with Gasteiger partial charge in [-0.05, 0) is 0 Å². The van der Waals surface area contributed by atoms with Gasteiger partial charge in [-0.1, -0.05) is 0 Å². The first-order valence-electron chi connectivity index (χ1n) is 8.00. The molecule has 0 aromatic rings. The van der Waals surface area contributed by atoms with Gasteiger partial charge in [0.05, 0.1) is 38.6 Å². The summed E-state index contributed by atoms with van der Waals surface area (Å²) in [6, 6.07) is 0.